The number of anilines is 1. The number of β-amino-alcohol motifs (C(OH)–C–C–N with tert-alkyl or cyclic N) is 1. The number of carbonyl (C=O) groups is 1. The van der Waals surface area contributed by atoms with Crippen LogP contribution in [-0.2, 0) is 11.2 Å². The molecule has 1 amide bonds. The van der Waals surface area contributed by atoms with Crippen molar-refractivity contribution in [1.82, 2.24) is 4.90 Å². The van der Waals surface area contributed by atoms with E-state index in [2.05, 4.69) is 17.4 Å². The number of hydrogen-bond donors (Lipinski definition) is 2. The minimum absolute atomic E-state index is 0.0124. The molecule has 2 aliphatic heterocycles. The molecule has 1 aromatic rings. The lowest BCUT2D eigenvalue weighted by atomic mass is 9.81. The smallest absolute Gasteiger partial charge is 0.228 e. The fourth-order valence-electron chi connectivity index (χ4n) is 3.01. The Balaban J connectivity index is 1.64. The number of amides is 1. The van der Waals surface area contributed by atoms with Gasteiger partial charge in [0.15, 0.2) is 0 Å². The zero-order chi connectivity index (χ0) is 14.3. The van der Waals surface area contributed by atoms with E-state index in [4.69, 9.17) is 0 Å². The van der Waals surface area contributed by atoms with Crippen molar-refractivity contribution < 1.29 is 9.90 Å². The predicted molar refractivity (Wildman–Crippen MR) is 78.5 cm³/mol. The second-order valence-electron chi connectivity index (χ2n) is 6.39. The molecule has 1 unspecified atom stereocenters. The molecular formula is C16H22N2O2. The maximum Gasteiger partial charge on any atom is 0.228 e. The topological polar surface area (TPSA) is 52.6 Å². The molecule has 0 aliphatic carbocycles. The van der Waals surface area contributed by atoms with Crippen LogP contribution in [0.25, 0.3) is 0 Å². The van der Waals surface area contributed by atoms with Crippen LogP contribution in [0.2, 0.25) is 0 Å². The van der Waals surface area contributed by atoms with Gasteiger partial charge in [0.05, 0.1) is 19.0 Å². The molecule has 0 bridgehead atoms. The van der Waals surface area contributed by atoms with Gasteiger partial charge in [0.25, 0.3) is 0 Å². The van der Waals surface area contributed by atoms with E-state index in [1.54, 1.807) is 4.90 Å². The van der Waals surface area contributed by atoms with E-state index >= 15 is 0 Å². The highest BCUT2D eigenvalue weighted by Crippen LogP contribution is 2.32. The van der Waals surface area contributed by atoms with Crippen LogP contribution in [0, 0.1) is 11.8 Å². The second-order valence-corrected chi connectivity index (χ2v) is 6.39. The summed E-state index contributed by atoms with van der Waals surface area (Å²) in [5, 5.41) is 13.6. The first-order valence-corrected chi connectivity index (χ1v) is 7.32. The number of para-hydroxylation sites is 1. The third-order valence-electron chi connectivity index (χ3n) is 4.69. The zero-order valence-electron chi connectivity index (χ0n) is 12.1. The predicted octanol–water partition coefficient (Wildman–Crippen LogP) is 1.50. The Bertz CT molecular complexity index is 521. The summed E-state index contributed by atoms with van der Waals surface area (Å²) in [6.07, 6.45) is 0.790. The third kappa shape index (κ3) is 2.18. The quantitative estimate of drug-likeness (QED) is 0.859. The lowest BCUT2D eigenvalue weighted by Crippen LogP contribution is -2.67. The Morgan fingerprint density at radius 1 is 1.40 bits per heavy atom. The highest BCUT2D eigenvalue weighted by atomic mass is 16.3. The first-order valence-electron chi connectivity index (χ1n) is 7.32. The zero-order valence-corrected chi connectivity index (χ0v) is 12.1. The van der Waals surface area contributed by atoms with Crippen LogP contribution >= 0.6 is 0 Å². The van der Waals surface area contributed by atoms with Gasteiger partial charge in [0.1, 0.15) is 5.60 Å². The van der Waals surface area contributed by atoms with E-state index in [0.717, 1.165) is 12.1 Å². The summed E-state index contributed by atoms with van der Waals surface area (Å²) in [4.78, 5) is 14.3. The Morgan fingerprint density at radius 3 is 2.80 bits per heavy atom. The molecule has 2 N–H and O–H groups in total. The Labute approximate surface area is 119 Å². The Hall–Kier alpha value is -1.55. The summed E-state index contributed by atoms with van der Waals surface area (Å²) in [7, 11) is 0. The number of carbonyl (C=O) groups excluding carboxylic acids is 1. The highest BCUT2D eigenvalue weighted by molar-refractivity contribution is 5.82. The molecule has 3 rings (SSSR count). The van der Waals surface area contributed by atoms with Gasteiger partial charge < -0.3 is 15.3 Å². The number of rotatable bonds is 2. The fourth-order valence-corrected chi connectivity index (χ4v) is 3.01. The van der Waals surface area contributed by atoms with Crippen LogP contribution in [0.1, 0.15) is 19.4 Å². The maximum absolute atomic E-state index is 12.5. The molecule has 4 heteroatoms. The molecule has 2 heterocycles. The maximum atomic E-state index is 12.5. The number of fused-ring (bicyclic) bond motifs is 1. The molecule has 0 aromatic heterocycles. The molecule has 1 atom stereocenters. The van der Waals surface area contributed by atoms with E-state index in [0.29, 0.717) is 19.6 Å². The Kier molecular flexibility index (Phi) is 3.21. The van der Waals surface area contributed by atoms with Crippen molar-refractivity contribution in [1.29, 1.82) is 0 Å². The molecule has 20 heavy (non-hydrogen) atoms. The van der Waals surface area contributed by atoms with Crippen LogP contribution in [-0.4, -0.2) is 41.1 Å². The van der Waals surface area contributed by atoms with Crippen LogP contribution in [0.5, 0.6) is 0 Å². The van der Waals surface area contributed by atoms with Gasteiger partial charge in [-0.1, -0.05) is 32.0 Å². The molecule has 1 fully saturated rings. The van der Waals surface area contributed by atoms with Gasteiger partial charge in [-0.3, -0.25) is 4.79 Å². The molecule has 0 saturated carbocycles. The fraction of sp³-hybridized carbons (Fsp3) is 0.562. The van der Waals surface area contributed by atoms with Crippen molar-refractivity contribution in [3.63, 3.8) is 0 Å². The normalized spacial score (nSPS) is 23.8. The van der Waals surface area contributed by atoms with Crippen molar-refractivity contribution in [2.75, 3.05) is 25.0 Å². The van der Waals surface area contributed by atoms with Crippen LogP contribution in [0.3, 0.4) is 0 Å². The number of nitrogens with one attached hydrogen (secondary N) is 1. The number of benzene rings is 1. The minimum Gasteiger partial charge on any atom is -0.386 e. The number of hydrogen-bond acceptors (Lipinski definition) is 3. The average Bonchev–Trinajstić information content (AvgIpc) is 2.42. The molecule has 0 radical (unpaired) electrons. The van der Waals surface area contributed by atoms with E-state index in [-0.39, 0.29) is 17.7 Å². The van der Waals surface area contributed by atoms with Gasteiger partial charge in [-0.15, -0.1) is 0 Å². The Morgan fingerprint density at radius 2 is 2.10 bits per heavy atom. The SMILES string of the molecule is CC(C)C1(O)CN(C(=O)C2CNc3ccccc3C2)C1. The van der Waals surface area contributed by atoms with Crippen molar-refractivity contribution in [3.8, 4) is 0 Å². The van der Waals surface area contributed by atoms with Gasteiger partial charge >= 0.3 is 0 Å². The second kappa shape index (κ2) is 4.77. The number of likely N-dealkylation sites (tertiary alicyclic amines) is 1. The summed E-state index contributed by atoms with van der Waals surface area (Å²) in [5.41, 5.74) is 1.66. The van der Waals surface area contributed by atoms with Gasteiger partial charge in [-0.05, 0) is 24.0 Å². The summed E-state index contributed by atoms with van der Waals surface area (Å²) < 4.78 is 0. The molecule has 0 spiro atoms. The first kappa shape index (κ1) is 13.4. The summed E-state index contributed by atoms with van der Waals surface area (Å²) in [6, 6.07) is 8.14. The van der Waals surface area contributed by atoms with Gasteiger partial charge in [0, 0.05) is 12.2 Å². The van der Waals surface area contributed by atoms with Crippen LogP contribution < -0.4 is 5.32 Å². The van der Waals surface area contributed by atoms with Crippen molar-refractivity contribution in [2.45, 2.75) is 25.9 Å². The molecule has 1 saturated heterocycles. The van der Waals surface area contributed by atoms with E-state index in [9.17, 15) is 9.90 Å². The monoisotopic (exact) mass is 274 g/mol. The van der Waals surface area contributed by atoms with Crippen molar-refractivity contribution in [2.24, 2.45) is 11.8 Å². The summed E-state index contributed by atoms with van der Waals surface area (Å²) in [5.74, 6) is 0.343. The van der Waals surface area contributed by atoms with E-state index in [1.165, 1.54) is 5.56 Å². The van der Waals surface area contributed by atoms with E-state index < -0.39 is 5.60 Å². The number of nitrogens with zero attached hydrogens (tertiary/aromatic N) is 1. The van der Waals surface area contributed by atoms with E-state index in [1.807, 2.05) is 26.0 Å². The largest absolute Gasteiger partial charge is 0.386 e. The molecule has 4 nitrogen and oxygen atoms in total. The summed E-state index contributed by atoms with van der Waals surface area (Å²) >= 11 is 0. The van der Waals surface area contributed by atoms with Crippen molar-refractivity contribution >= 4 is 11.6 Å². The van der Waals surface area contributed by atoms with Crippen LogP contribution in [0.4, 0.5) is 5.69 Å². The highest BCUT2D eigenvalue weighted by Gasteiger charge is 2.47. The summed E-state index contributed by atoms with van der Waals surface area (Å²) in [6.45, 7) is 5.64. The van der Waals surface area contributed by atoms with Gasteiger partial charge in [-0.25, -0.2) is 0 Å². The molecule has 2 aliphatic rings. The minimum atomic E-state index is -0.685. The van der Waals surface area contributed by atoms with Crippen LogP contribution in [0.15, 0.2) is 24.3 Å². The van der Waals surface area contributed by atoms with Crippen molar-refractivity contribution in [3.05, 3.63) is 29.8 Å². The molecular weight excluding hydrogens is 252 g/mol. The molecule has 108 valence electrons. The number of aliphatic hydroxyl groups is 1. The van der Waals surface area contributed by atoms with Gasteiger partial charge in [-0.2, -0.15) is 0 Å². The molecule has 1 aromatic carbocycles. The standard InChI is InChI=1S/C16H22N2O2/c1-11(2)16(20)9-18(10-16)15(19)13-7-12-5-3-4-6-14(12)17-8-13/h3-6,11,13,17,20H,7-10H2,1-2H3. The lowest BCUT2D eigenvalue weighted by Gasteiger charge is -2.50. The first-order chi connectivity index (χ1) is 9.49. The van der Waals surface area contributed by atoms with Gasteiger partial charge in [0.2, 0.25) is 5.91 Å². The lowest BCUT2D eigenvalue weighted by molar-refractivity contribution is -0.167. The average molecular weight is 274 g/mol. The third-order valence-corrected chi connectivity index (χ3v) is 4.69.